The maximum atomic E-state index is 11.3. The van der Waals surface area contributed by atoms with Crippen molar-refractivity contribution in [2.24, 2.45) is 5.92 Å². The molecule has 3 nitrogen and oxygen atoms in total. The molecule has 1 aromatic carbocycles. The lowest BCUT2D eigenvalue weighted by molar-refractivity contribution is 0.513. The molecule has 0 aliphatic carbocycles. The topological polar surface area (TPSA) is 46.2 Å². The average Bonchev–Trinajstić information content (AvgIpc) is 2.28. The lowest BCUT2D eigenvalue weighted by Gasteiger charge is -2.22. The highest BCUT2D eigenvalue weighted by Gasteiger charge is 2.13. The fourth-order valence-corrected chi connectivity index (χ4v) is 2.57. The molecule has 0 aromatic heterocycles. The third-order valence-electron chi connectivity index (χ3n) is 2.86. The van der Waals surface area contributed by atoms with Crippen molar-refractivity contribution < 1.29 is 8.42 Å². The smallest absolute Gasteiger partial charge is 0.175 e. The number of anilines is 1. The number of hydrogen-bond acceptors (Lipinski definition) is 3. The molecule has 1 aromatic rings. The van der Waals surface area contributed by atoms with Gasteiger partial charge in [0.15, 0.2) is 9.84 Å². The van der Waals surface area contributed by atoms with E-state index in [1.165, 1.54) is 6.26 Å². The van der Waals surface area contributed by atoms with Gasteiger partial charge in [-0.25, -0.2) is 8.42 Å². The fourth-order valence-electron chi connectivity index (χ4n) is 1.70. The number of nitrogens with one attached hydrogen (secondary N) is 1. The summed E-state index contributed by atoms with van der Waals surface area (Å²) in [6, 6.07) is 7.12. The Morgan fingerprint density at radius 1 is 1.22 bits per heavy atom. The van der Waals surface area contributed by atoms with Crippen molar-refractivity contribution in [1.82, 2.24) is 0 Å². The molecule has 0 aliphatic heterocycles. The Morgan fingerprint density at radius 3 is 2.17 bits per heavy atom. The second kappa shape index (κ2) is 6.43. The summed E-state index contributed by atoms with van der Waals surface area (Å²) in [5.74, 6) is 1.08. The van der Waals surface area contributed by atoms with Crippen LogP contribution in [0.1, 0.15) is 20.3 Å². The first-order valence-corrected chi connectivity index (χ1v) is 8.40. The summed E-state index contributed by atoms with van der Waals surface area (Å²) in [4.78, 5) is 0.339. The molecule has 0 spiro atoms. The Balaban J connectivity index is 2.79. The average molecular weight is 290 g/mol. The largest absolute Gasteiger partial charge is 0.382 e. The molecule has 0 saturated heterocycles. The quantitative estimate of drug-likeness (QED) is 0.818. The molecule has 0 aliphatic rings. The van der Waals surface area contributed by atoms with Crippen LogP contribution in [0.4, 0.5) is 5.69 Å². The van der Waals surface area contributed by atoms with Gasteiger partial charge in [0.1, 0.15) is 0 Å². The van der Waals surface area contributed by atoms with Gasteiger partial charge in [-0.15, -0.1) is 11.6 Å². The molecule has 0 saturated carbocycles. The van der Waals surface area contributed by atoms with E-state index in [-0.39, 0.29) is 0 Å². The van der Waals surface area contributed by atoms with Crippen molar-refractivity contribution in [2.45, 2.75) is 31.2 Å². The standard InChI is InChI=1S/C13H20ClNO2S/c1-10(2)13(8-9-14)15-11-4-6-12(7-5-11)18(3,16)17/h4-7,10,13,15H,8-9H2,1-3H3. The zero-order valence-corrected chi connectivity index (χ0v) is 12.6. The van der Waals surface area contributed by atoms with E-state index in [1.807, 2.05) is 0 Å². The number of benzene rings is 1. The van der Waals surface area contributed by atoms with Crippen LogP contribution in [-0.4, -0.2) is 26.6 Å². The second-order valence-electron chi connectivity index (χ2n) is 4.77. The lowest BCUT2D eigenvalue weighted by Crippen LogP contribution is -2.26. The molecule has 18 heavy (non-hydrogen) atoms. The highest BCUT2D eigenvalue weighted by Crippen LogP contribution is 2.18. The van der Waals surface area contributed by atoms with Gasteiger partial charge in [-0.1, -0.05) is 13.8 Å². The van der Waals surface area contributed by atoms with E-state index >= 15 is 0 Å². The second-order valence-corrected chi connectivity index (χ2v) is 7.16. The van der Waals surface area contributed by atoms with Crippen molar-refractivity contribution in [1.29, 1.82) is 0 Å². The zero-order valence-electron chi connectivity index (χ0n) is 11.0. The molecule has 1 rings (SSSR count). The Labute approximate surface area is 114 Å². The minimum Gasteiger partial charge on any atom is -0.382 e. The zero-order chi connectivity index (χ0) is 13.8. The van der Waals surface area contributed by atoms with Gasteiger partial charge in [0, 0.05) is 23.9 Å². The molecule has 102 valence electrons. The summed E-state index contributed by atoms with van der Waals surface area (Å²) < 4.78 is 22.7. The molecule has 0 fully saturated rings. The lowest BCUT2D eigenvalue weighted by atomic mass is 10.0. The van der Waals surface area contributed by atoms with E-state index in [4.69, 9.17) is 11.6 Å². The molecule has 1 N–H and O–H groups in total. The molecular weight excluding hydrogens is 270 g/mol. The van der Waals surface area contributed by atoms with Crippen LogP contribution in [-0.2, 0) is 9.84 Å². The molecule has 0 amide bonds. The van der Waals surface area contributed by atoms with E-state index in [9.17, 15) is 8.42 Å². The first-order chi connectivity index (χ1) is 8.34. The van der Waals surface area contributed by atoms with Crippen LogP contribution >= 0.6 is 11.6 Å². The van der Waals surface area contributed by atoms with E-state index < -0.39 is 9.84 Å². The molecule has 0 heterocycles. The van der Waals surface area contributed by atoms with Gasteiger partial charge in [0.05, 0.1) is 4.90 Å². The summed E-state index contributed by atoms with van der Waals surface area (Å²) in [5, 5.41) is 3.38. The maximum absolute atomic E-state index is 11.3. The number of alkyl halides is 1. The molecule has 5 heteroatoms. The van der Waals surface area contributed by atoms with Gasteiger partial charge in [-0.2, -0.15) is 0 Å². The Morgan fingerprint density at radius 2 is 1.78 bits per heavy atom. The Kier molecular flexibility index (Phi) is 5.47. The predicted octanol–water partition coefficient (Wildman–Crippen LogP) is 3.16. The highest BCUT2D eigenvalue weighted by molar-refractivity contribution is 7.90. The normalized spacial score (nSPS) is 13.6. The van der Waals surface area contributed by atoms with Crippen LogP contribution in [0.5, 0.6) is 0 Å². The predicted molar refractivity (Wildman–Crippen MR) is 77.1 cm³/mol. The van der Waals surface area contributed by atoms with Gasteiger partial charge in [0.25, 0.3) is 0 Å². The van der Waals surface area contributed by atoms with Crippen LogP contribution in [0.25, 0.3) is 0 Å². The van der Waals surface area contributed by atoms with Gasteiger partial charge in [-0.05, 0) is 36.6 Å². The molecule has 0 bridgehead atoms. The van der Waals surface area contributed by atoms with Crippen LogP contribution in [0.2, 0.25) is 0 Å². The first kappa shape index (κ1) is 15.3. The highest BCUT2D eigenvalue weighted by atomic mass is 35.5. The van der Waals surface area contributed by atoms with E-state index in [0.717, 1.165) is 12.1 Å². The van der Waals surface area contributed by atoms with Gasteiger partial charge < -0.3 is 5.32 Å². The maximum Gasteiger partial charge on any atom is 0.175 e. The van der Waals surface area contributed by atoms with Gasteiger partial charge in [0.2, 0.25) is 0 Å². The third-order valence-corrected chi connectivity index (χ3v) is 4.21. The molecule has 1 atom stereocenters. The number of hydrogen-bond donors (Lipinski definition) is 1. The van der Waals surface area contributed by atoms with Gasteiger partial charge in [-0.3, -0.25) is 0 Å². The van der Waals surface area contributed by atoms with Crippen molar-refractivity contribution in [2.75, 3.05) is 17.5 Å². The Bertz CT molecular complexity index is 468. The molecular formula is C13H20ClNO2S. The summed E-state index contributed by atoms with van der Waals surface area (Å²) in [7, 11) is -3.12. The molecule has 0 radical (unpaired) electrons. The van der Waals surface area contributed by atoms with E-state index in [0.29, 0.717) is 22.7 Å². The van der Waals surface area contributed by atoms with E-state index in [2.05, 4.69) is 19.2 Å². The fraction of sp³-hybridized carbons (Fsp3) is 0.538. The summed E-state index contributed by atoms with van der Waals surface area (Å²) in [5.41, 5.74) is 0.922. The molecule has 1 unspecified atom stereocenters. The SMILES string of the molecule is CC(C)C(CCCl)Nc1ccc(S(C)(=O)=O)cc1. The number of sulfone groups is 1. The number of rotatable bonds is 6. The van der Waals surface area contributed by atoms with Gasteiger partial charge >= 0.3 is 0 Å². The third kappa shape index (κ3) is 4.50. The Hall–Kier alpha value is -0.740. The summed E-state index contributed by atoms with van der Waals surface area (Å²) >= 11 is 5.77. The summed E-state index contributed by atoms with van der Waals surface area (Å²) in [6.45, 7) is 4.27. The van der Waals surface area contributed by atoms with Crippen molar-refractivity contribution in [3.63, 3.8) is 0 Å². The minimum atomic E-state index is -3.12. The van der Waals surface area contributed by atoms with Crippen molar-refractivity contribution in [3.8, 4) is 0 Å². The van der Waals surface area contributed by atoms with Crippen LogP contribution in [0.3, 0.4) is 0 Å². The van der Waals surface area contributed by atoms with Crippen LogP contribution < -0.4 is 5.32 Å². The van der Waals surface area contributed by atoms with E-state index in [1.54, 1.807) is 24.3 Å². The van der Waals surface area contributed by atoms with Crippen LogP contribution in [0, 0.1) is 5.92 Å². The first-order valence-electron chi connectivity index (χ1n) is 5.97. The number of halogens is 1. The monoisotopic (exact) mass is 289 g/mol. The minimum absolute atomic E-state index is 0.298. The summed E-state index contributed by atoms with van der Waals surface area (Å²) in [6.07, 6.45) is 2.09. The van der Waals surface area contributed by atoms with Crippen molar-refractivity contribution in [3.05, 3.63) is 24.3 Å². The van der Waals surface area contributed by atoms with Crippen LogP contribution in [0.15, 0.2) is 29.2 Å². The van der Waals surface area contributed by atoms with Crippen molar-refractivity contribution >= 4 is 27.1 Å².